The van der Waals surface area contributed by atoms with Crippen molar-refractivity contribution in [2.75, 3.05) is 32.6 Å². The van der Waals surface area contributed by atoms with E-state index in [9.17, 15) is 0 Å². The normalized spacial score (nSPS) is 11.7. The van der Waals surface area contributed by atoms with E-state index in [1.807, 2.05) is 18.0 Å². The smallest absolute Gasteiger partial charge is 0.0923 e. The first-order valence-electron chi connectivity index (χ1n) is 4.49. The van der Waals surface area contributed by atoms with Gasteiger partial charge in [0.2, 0.25) is 0 Å². The number of halogens is 1. The lowest BCUT2D eigenvalue weighted by atomic mass is 10.4. The van der Waals surface area contributed by atoms with E-state index in [-0.39, 0.29) is 24.0 Å². The molecule has 0 aliphatic heterocycles. The molecule has 0 amide bonds. The van der Waals surface area contributed by atoms with Gasteiger partial charge in [-0.2, -0.15) is 11.8 Å². The van der Waals surface area contributed by atoms with Crippen LogP contribution in [-0.2, 0) is 0 Å². The summed E-state index contributed by atoms with van der Waals surface area (Å²) in [6, 6.07) is 0. The molecule has 4 heteroatoms. The molecule has 0 aromatic carbocycles. The molecule has 0 radical (unpaired) electrons. The summed E-state index contributed by atoms with van der Waals surface area (Å²) in [5, 5.41) is 4.35. The van der Waals surface area contributed by atoms with Crippen molar-refractivity contribution >= 4 is 18.0 Å². The van der Waals surface area contributed by atoms with E-state index in [0.717, 1.165) is 5.75 Å². The zero-order valence-electron chi connectivity index (χ0n) is 9.09. The van der Waals surface area contributed by atoms with Crippen LogP contribution < -0.4 is 24.0 Å². The minimum absolute atomic E-state index is 0. The molecule has 0 unspecified atom stereocenters. The highest BCUT2D eigenvalue weighted by molar-refractivity contribution is 7.99. The first kappa shape index (κ1) is 16.2. The number of rotatable bonds is 6. The molecule has 0 aliphatic rings. The lowest BCUT2D eigenvalue weighted by Crippen LogP contribution is -3.00. The van der Waals surface area contributed by atoms with Crippen LogP contribution in [0.2, 0.25) is 0 Å². The number of unbranched alkanes of at least 4 members (excludes halogenated alkanes) is 1. The Hall–Kier alpha value is 0.710. The lowest BCUT2D eigenvalue weighted by Gasteiger charge is -2.14. The Bertz CT molecular complexity index is 132. The van der Waals surface area contributed by atoms with Crippen molar-refractivity contribution in [3.8, 4) is 0 Å². The quantitative estimate of drug-likeness (QED) is 0.206. The van der Waals surface area contributed by atoms with Crippen molar-refractivity contribution in [3.63, 3.8) is 0 Å². The molecule has 0 saturated carbocycles. The van der Waals surface area contributed by atoms with Crippen LogP contribution in [0, 0.1) is 0 Å². The first-order valence-corrected chi connectivity index (χ1v) is 5.65. The van der Waals surface area contributed by atoms with Crippen molar-refractivity contribution < 1.29 is 28.6 Å². The second-order valence-electron chi connectivity index (χ2n) is 3.67. The van der Waals surface area contributed by atoms with E-state index < -0.39 is 0 Å². The van der Waals surface area contributed by atoms with E-state index in [1.54, 1.807) is 0 Å². The van der Waals surface area contributed by atoms with Crippen molar-refractivity contribution in [3.05, 3.63) is 0 Å². The predicted molar refractivity (Wildman–Crippen MR) is 58.8 cm³/mol. The first-order chi connectivity index (χ1) is 5.56. The highest BCUT2D eigenvalue weighted by atomic mass is 127. The fourth-order valence-corrected chi connectivity index (χ4v) is 1.49. The number of quaternary nitrogens is 1. The zero-order valence-corrected chi connectivity index (χ0v) is 12.1. The Balaban J connectivity index is 0. The van der Waals surface area contributed by atoms with Crippen LogP contribution in [-0.4, -0.2) is 43.5 Å². The summed E-state index contributed by atoms with van der Waals surface area (Å²) in [5.74, 6) is 2.31. The van der Waals surface area contributed by atoms with E-state index in [4.69, 9.17) is 0 Å². The van der Waals surface area contributed by atoms with Crippen molar-refractivity contribution in [1.29, 1.82) is 0 Å². The molecular weight excluding hydrogens is 295 g/mol. The Morgan fingerprint density at radius 1 is 1.31 bits per heavy atom. The summed E-state index contributed by atoms with van der Waals surface area (Å²) < 4.78 is 0.675. The summed E-state index contributed by atoms with van der Waals surface area (Å²) in [6.45, 7) is 2.22. The lowest BCUT2D eigenvalue weighted by molar-refractivity contribution is -0.876. The summed E-state index contributed by atoms with van der Waals surface area (Å²) in [5.41, 5.74) is 0. The standard InChI is InChI=1S/C9H21N2S.HI/c1-5-6-8-12-9-7-10-11(2,3)4;/h7H,5-6,8-9H2,1-4H3;1H/q+1;/p-1. The van der Waals surface area contributed by atoms with Crippen LogP contribution in [0.4, 0.5) is 0 Å². The molecule has 0 saturated heterocycles. The van der Waals surface area contributed by atoms with Crippen LogP contribution in [0.3, 0.4) is 0 Å². The predicted octanol–water partition coefficient (Wildman–Crippen LogP) is -0.784. The Labute approximate surface area is 104 Å². The second kappa shape index (κ2) is 9.27. The SMILES string of the molecule is CCCCSCC=N[N+](C)(C)C.[I-]. The van der Waals surface area contributed by atoms with Crippen LogP contribution >= 0.6 is 11.8 Å². The molecule has 0 N–H and O–H groups in total. The van der Waals surface area contributed by atoms with E-state index in [1.165, 1.54) is 18.6 Å². The maximum atomic E-state index is 4.35. The summed E-state index contributed by atoms with van der Waals surface area (Å²) in [6.07, 6.45) is 4.63. The number of hydrogen-bond acceptors (Lipinski definition) is 2. The molecular formula is C9H21IN2S. The average molecular weight is 316 g/mol. The van der Waals surface area contributed by atoms with Gasteiger partial charge in [0.25, 0.3) is 0 Å². The summed E-state index contributed by atoms with van der Waals surface area (Å²) in [7, 11) is 6.19. The molecule has 80 valence electrons. The Kier molecular flexibility index (Phi) is 11.5. The number of thioether (sulfide) groups is 1. The maximum Gasteiger partial charge on any atom is 0.0923 e. The number of hydrogen-bond donors (Lipinski definition) is 0. The fraction of sp³-hybridized carbons (Fsp3) is 0.889. The van der Waals surface area contributed by atoms with Crippen LogP contribution in [0.15, 0.2) is 5.10 Å². The van der Waals surface area contributed by atoms with Gasteiger partial charge in [-0.3, -0.25) is 0 Å². The van der Waals surface area contributed by atoms with E-state index >= 15 is 0 Å². The molecule has 13 heavy (non-hydrogen) atoms. The largest absolute Gasteiger partial charge is 1.00 e. The molecule has 2 nitrogen and oxygen atoms in total. The van der Waals surface area contributed by atoms with Crippen LogP contribution in [0.5, 0.6) is 0 Å². The Morgan fingerprint density at radius 3 is 2.38 bits per heavy atom. The van der Waals surface area contributed by atoms with Gasteiger partial charge in [0.15, 0.2) is 0 Å². The molecule has 0 heterocycles. The molecule has 0 rings (SSSR count). The van der Waals surface area contributed by atoms with Crippen LogP contribution in [0.25, 0.3) is 0 Å². The van der Waals surface area contributed by atoms with Gasteiger partial charge < -0.3 is 24.0 Å². The Morgan fingerprint density at radius 2 is 1.92 bits per heavy atom. The van der Waals surface area contributed by atoms with Crippen molar-refractivity contribution in [1.82, 2.24) is 0 Å². The minimum atomic E-state index is 0. The monoisotopic (exact) mass is 316 g/mol. The third-order valence-electron chi connectivity index (χ3n) is 1.26. The topological polar surface area (TPSA) is 12.4 Å². The van der Waals surface area contributed by atoms with Crippen LogP contribution in [0.1, 0.15) is 19.8 Å². The molecule has 0 aliphatic carbocycles. The third kappa shape index (κ3) is 15.5. The van der Waals surface area contributed by atoms with Gasteiger partial charge in [-0.1, -0.05) is 18.4 Å². The molecule has 0 bridgehead atoms. The van der Waals surface area contributed by atoms with Gasteiger partial charge in [0.1, 0.15) is 0 Å². The second-order valence-corrected chi connectivity index (χ2v) is 4.82. The molecule has 0 fully saturated rings. The van der Waals surface area contributed by atoms with E-state index in [2.05, 4.69) is 33.2 Å². The average Bonchev–Trinajstić information content (AvgIpc) is 1.94. The molecule has 0 aromatic heterocycles. The van der Waals surface area contributed by atoms with Crippen molar-refractivity contribution in [2.45, 2.75) is 19.8 Å². The van der Waals surface area contributed by atoms with Crippen molar-refractivity contribution in [2.24, 2.45) is 5.10 Å². The van der Waals surface area contributed by atoms with E-state index in [0.29, 0.717) is 4.59 Å². The van der Waals surface area contributed by atoms with Gasteiger partial charge >= 0.3 is 0 Å². The van der Waals surface area contributed by atoms with Gasteiger partial charge in [0.05, 0.1) is 27.4 Å². The molecule has 0 atom stereocenters. The number of nitrogens with zero attached hydrogens (tertiary/aromatic N) is 2. The van der Waals surface area contributed by atoms with Gasteiger partial charge in [-0.05, 0) is 12.2 Å². The fourth-order valence-electron chi connectivity index (χ4n) is 0.661. The van der Waals surface area contributed by atoms with Gasteiger partial charge in [0, 0.05) is 5.75 Å². The third-order valence-corrected chi connectivity index (χ3v) is 2.22. The molecule has 0 spiro atoms. The highest BCUT2D eigenvalue weighted by Gasteiger charge is 1.99. The summed E-state index contributed by atoms with van der Waals surface area (Å²) in [4.78, 5) is 0. The summed E-state index contributed by atoms with van der Waals surface area (Å²) >= 11 is 1.96. The van der Waals surface area contributed by atoms with Gasteiger partial charge in [-0.15, -0.1) is 0 Å². The minimum Gasteiger partial charge on any atom is -1.00 e. The highest BCUT2D eigenvalue weighted by Crippen LogP contribution is 2.02. The van der Waals surface area contributed by atoms with Gasteiger partial charge in [-0.25, -0.2) is 4.59 Å². The zero-order chi connectivity index (χ0) is 9.45. The molecule has 0 aromatic rings. The maximum absolute atomic E-state index is 4.35.